The fourth-order valence-electron chi connectivity index (χ4n) is 2.12. The third kappa shape index (κ3) is 3.84. The lowest BCUT2D eigenvalue weighted by molar-refractivity contribution is 0.549. The van der Waals surface area contributed by atoms with E-state index in [-0.39, 0.29) is 6.04 Å². The van der Waals surface area contributed by atoms with Gasteiger partial charge in [0.1, 0.15) is 0 Å². The smallest absolute Gasteiger partial charge is 0.242 e. The summed E-state index contributed by atoms with van der Waals surface area (Å²) in [4.78, 5) is 0.368. The van der Waals surface area contributed by atoms with Gasteiger partial charge in [0.05, 0.1) is 4.90 Å². The molecule has 2 N–H and O–H groups in total. The van der Waals surface area contributed by atoms with E-state index < -0.39 is 10.0 Å². The van der Waals surface area contributed by atoms with Gasteiger partial charge in [0.25, 0.3) is 0 Å². The van der Waals surface area contributed by atoms with Crippen LogP contribution in [0.15, 0.2) is 17.2 Å². The Morgan fingerprint density at radius 1 is 1.40 bits per heavy atom. The van der Waals surface area contributed by atoms with Gasteiger partial charge in [0.15, 0.2) is 0 Å². The second-order valence-electron chi connectivity index (χ2n) is 5.72. The fraction of sp³-hybridized carbons (Fsp3) is 0.714. The molecule has 0 atom stereocenters. The average molecular weight is 299 g/mol. The summed E-state index contributed by atoms with van der Waals surface area (Å²) in [7, 11) is -3.38. The molecule has 5 nitrogen and oxygen atoms in total. The van der Waals surface area contributed by atoms with Crippen molar-refractivity contribution >= 4 is 10.0 Å². The molecule has 0 radical (unpaired) electrons. The van der Waals surface area contributed by atoms with Crippen LogP contribution in [0.5, 0.6) is 0 Å². The highest BCUT2D eigenvalue weighted by Gasteiger charge is 2.23. The number of rotatable bonds is 8. The van der Waals surface area contributed by atoms with Crippen molar-refractivity contribution in [3.05, 3.63) is 18.0 Å². The Balaban J connectivity index is 2.18. The van der Waals surface area contributed by atoms with Crippen LogP contribution in [-0.4, -0.2) is 25.6 Å². The predicted octanol–water partition coefficient (Wildman–Crippen LogP) is 2.01. The highest BCUT2D eigenvalue weighted by Crippen LogP contribution is 2.22. The lowest BCUT2D eigenvalue weighted by Crippen LogP contribution is -2.24. The molecule has 1 aromatic rings. The highest BCUT2D eigenvalue weighted by atomic mass is 32.2. The SMILES string of the molecule is CCCNS(=O)(=O)c1cc(CNC2CC2)n(C(C)C)c1. The molecule has 1 fully saturated rings. The maximum Gasteiger partial charge on any atom is 0.242 e. The monoisotopic (exact) mass is 299 g/mol. The largest absolute Gasteiger partial charge is 0.346 e. The minimum atomic E-state index is -3.38. The minimum absolute atomic E-state index is 0.251. The summed E-state index contributed by atoms with van der Waals surface area (Å²) in [6.45, 7) is 7.29. The van der Waals surface area contributed by atoms with Gasteiger partial charge >= 0.3 is 0 Å². The van der Waals surface area contributed by atoms with Gasteiger partial charge in [-0.05, 0) is 39.2 Å². The van der Waals surface area contributed by atoms with E-state index in [0.29, 0.717) is 17.5 Å². The van der Waals surface area contributed by atoms with Crippen molar-refractivity contribution in [2.45, 2.75) is 63.6 Å². The van der Waals surface area contributed by atoms with E-state index in [9.17, 15) is 8.42 Å². The van der Waals surface area contributed by atoms with Crippen molar-refractivity contribution in [2.75, 3.05) is 6.54 Å². The van der Waals surface area contributed by atoms with Crippen LogP contribution in [0, 0.1) is 0 Å². The minimum Gasteiger partial charge on any atom is -0.346 e. The zero-order valence-corrected chi connectivity index (χ0v) is 13.3. The molecule has 20 heavy (non-hydrogen) atoms. The number of hydrogen-bond donors (Lipinski definition) is 2. The first-order chi connectivity index (χ1) is 9.44. The number of hydrogen-bond acceptors (Lipinski definition) is 3. The van der Waals surface area contributed by atoms with Crippen molar-refractivity contribution < 1.29 is 8.42 Å². The van der Waals surface area contributed by atoms with E-state index in [1.165, 1.54) is 12.8 Å². The van der Waals surface area contributed by atoms with Crippen LogP contribution in [0.25, 0.3) is 0 Å². The Labute approximate surface area is 121 Å². The molecule has 0 saturated heterocycles. The van der Waals surface area contributed by atoms with Gasteiger partial charge in [0, 0.05) is 37.1 Å². The third-order valence-electron chi connectivity index (χ3n) is 3.46. The van der Waals surface area contributed by atoms with Crippen LogP contribution < -0.4 is 10.0 Å². The number of nitrogens with zero attached hydrogens (tertiary/aromatic N) is 1. The molecule has 0 spiro atoms. The zero-order chi connectivity index (χ0) is 14.8. The molecule has 6 heteroatoms. The van der Waals surface area contributed by atoms with Gasteiger partial charge in [-0.3, -0.25) is 0 Å². The van der Waals surface area contributed by atoms with Crippen LogP contribution in [0.2, 0.25) is 0 Å². The number of sulfonamides is 1. The van der Waals surface area contributed by atoms with Crippen molar-refractivity contribution in [1.82, 2.24) is 14.6 Å². The molecule has 1 heterocycles. The topological polar surface area (TPSA) is 63.1 Å². The van der Waals surface area contributed by atoms with E-state index in [0.717, 1.165) is 18.7 Å². The standard InChI is InChI=1S/C14H25N3O2S/c1-4-7-16-20(18,19)14-8-13(9-15-12-5-6-12)17(10-14)11(2)3/h8,10-12,15-16H,4-7,9H2,1-3H3. The molecule has 1 aliphatic rings. The summed E-state index contributed by atoms with van der Waals surface area (Å²) in [5.74, 6) is 0. The van der Waals surface area contributed by atoms with Gasteiger partial charge in [-0.15, -0.1) is 0 Å². The molecule has 1 aliphatic carbocycles. The van der Waals surface area contributed by atoms with Gasteiger partial charge in [0.2, 0.25) is 10.0 Å². The molecular formula is C14H25N3O2S. The predicted molar refractivity (Wildman–Crippen MR) is 80.2 cm³/mol. The van der Waals surface area contributed by atoms with Crippen molar-refractivity contribution in [3.8, 4) is 0 Å². The molecule has 1 aromatic heterocycles. The first-order valence-electron chi connectivity index (χ1n) is 7.38. The second kappa shape index (κ2) is 6.28. The zero-order valence-electron chi connectivity index (χ0n) is 12.5. The Bertz CT molecular complexity index is 545. The lowest BCUT2D eigenvalue weighted by atomic mass is 10.3. The molecule has 0 bridgehead atoms. The third-order valence-corrected chi connectivity index (χ3v) is 4.89. The van der Waals surface area contributed by atoms with Gasteiger partial charge in [-0.25, -0.2) is 13.1 Å². The number of aromatic nitrogens is 1. The van der Waals surface area contributed by atoms with Crippen molar-refractivity contribution in [1.29, 1.82) is 0 Å². The van der Waals surface area contributed by atoms with E-state index >= 15 is 0 Å². The average Bonchev–Trinajstić information content (AvgIpc) is 3.11. The van der Waals surface area contributed by atoms with E-state index in [1.54, 1.807) is 12.3 Å². The number of nitrogens with one attached hydrogen (secondary N) is 2. The lowest BCUT2D eigenvalue weighted by Gasteiger charge is -2.13. The first kappa shape index (κ1) is 15.5. The highest BCUT2D eigenvalue weighted by molar-refractivity contribution is 7.89. The summed E-state index contributed by atoms with van der Waals surface area (Å²) in [6, 6.07) is 2.65. The molecule has 0 aromatic carbocycles. The molecule has 0 amide bonds. The maximum absolute atomic E-state index is 12.2. The van der Waals surface area contributed by atoms with E-state index in [2.05, 4.69) is 23.9 Å². The van der Waals surface area contributed by atoms with Gasteiger partial charge in [-0.1, -0.05) is 6.92 Å². The Morgan fingerprint density at radius 3 is 2.65 bits per heavy atom. The Morgan fingerprint density at radius 2 is 2.10 bits per heavy atom. The molecule has 1 saturated carbocycles. The van der Waals surface area contributed by atoms with Crippen molar-refractivity contribution in [2.24, 2.45) is 0 Å². The van der Waals surface area contributed by atoms with Crippen LogP contribution in [0.4, 0.5) is 0 Å². The molecule has 0 aliphatic heterocycles. The summed E-state index contributed by atoms with van der Waals surface area (Å²) in [5, 5.41) is 3.44. The summed E-state index contributed by atoms with van der Waals surface area (Å²) >= 11 is 0. The van der Waals surface area contributed by atoms with Crippen LogP contribution in [0.3, 0.4) is 0 Å². The molecule has 2 rings (SSSR count). The second-order valence-corrected chi connectivity index (χ2v) is 7.49. The molecule has 0 unspecified atom stereocenters. The van der Waals surface area contributed by atoms with Crippen LogP contribution >= 0.6 is 0 Å². The first-order valence-corrected chi connectivity index (χ1v) is 8.86. The molecule has 114 valence electrons. The van der Waals surface area contributed by atoms with Gasteiger partial charge < -0.3 is 9.88 Å². The van der Waals surface area contributed by atoms with Crippen LogP contribution in [-0.2, 0) is 16.6 Å². The van der Waals surface area contributed by atoms with E-state index in [4.69, 9.17) is 0 Å². The Kier molecular flexibility index (Phi) is 4.88. The Hall–Kier alpha value is -0.850. The van der Waals surface area contributed by atoms with Crippen molar-refractivity contribution in [3.63, 3.8) is 0 Å². The summed E-state index contributed by atoms with van der Waals surface area (Å²) in [5.41, 5.74) is 1.03. The van der Waals surface area contributed by atoms with E-state index in [1.807, 2.05) is 11.5 Å². The maximum atomic E-state index is 12.2. The normalized spacial score (nSPS) is 16.0. The fourth-order valence-corrected chi connectivity index (χ4v) is 3.31. The summed E-state index contributed by atoms with van der Waals surface area (Å²) < 4.78 is 29.0. The summed E-state index contributed by atoms with van der Waals surface area (Å²) in [6.07, 6.45) is 4.99. The molecular weight excluding hydrogens is 274 g/mol. The van der Waals surface area contributed by atoms with Gasteiger partial charge in [-0.2, -0.15) is 0 Å². The van der Waals surface area contributed by atoms with Crippen LogP contribution in [0.1, 0.15) is 51.8 Å². The quantitative estimate of drug-likeness (QED) is 0.772.